The number of allylic oxidation sites excluding steroid dienone is 1. The van der Waals surface area contributed by atoms with E-state index < -0.39 is 17.3 Å². The van der Waals surface area contributed by atoms with Gasteiger partial charge in [-0.1, -0.05) is 23.6 Å². The third kappa shape index (κ3) is 4.56. The third-order valence-corrected chi connectivity index (χ3v) is 3.99. The van der Waals surface area contributed by atoms with Gasteiger partial charge in [-0.2, -0.15) is 0 Å². The molecule has 1 atom stereocenters. The number of ether oxygens (including phenoxy) is 1. The summed E-state index contributed by atoms with van der Waals surface area (Å²) in [6, 6.07) is 1.11. The highest BCUT2D eigenvalue weighted by atomic mass is 35.5. The van der Waals surface area contributed by atoms with Crippen molar-refractivity contribution in [3.05, 3.63) is 58.2 Å². The fraction of sp³-hybridized carbons (Fsp3) is 0.263. The number of anilines is 1. The molecule has 0 saturated carbocycles. The van der Waals surface area contributed by atoms with Crippen LogP contribution in [0.5, 0.6) is 0 Å². The van der Waals surface area contributed by atoms with Crippen molar-refractivity contribution in [1.29, 1.82) is 0 Å². The quantitative estimate of drug-likeness (QED) is 0.567. The number of aromatic nitrogens is 3. The molecule has 7 nitrogen and oxygen atoms in total. The minimum atomic E-state index is -1.21. The zero-order valence-corrected chi connectivity index (χ0v) is 16.3. The molecule has 0 bridgehead atoms. The standard InChI is InChI=1S/C19H19ClFN5O2/c1-5-7-28-19(4,6-2)16-11(3)25-15(17(22)26-16)18(27)24-10-14-13(21)8-12(20)9-23-14/h2,5,7-9H,10H2,1,3-4H3,(H2,22,26)(H,24,27)/b7-5-. The summed E-state index contributed by atoms with van der Waals surface area (Å²) in [5.74, 6) is 1.11. The summed E-state index contributed by atoms with van der Waals surface area (Å²) < 4.78 is 19.3. The van der Waals surface area contributed by atoms with Crippen LogP contribution in [-0.2, 0) is 16.9 Å². The monoisotopic (exact) mass is 403 g/mol. The van der Waals surface area contributed by atoms with E-state index >= 15 is 0 Å². The van der Waals surface area contributed by atoms with Crippen LogP contribution in [0, 0.1) is 25.1 Å². The highest BCUT2D eigenvalue weighted by Gasteiger charge is 2.31. The minimum absolute atomic E-state index is 0.0253. The summed E-state index contributed by atoms with van der Waals surface area (Å²) in [5.41, 5.74) is 5.30. The van der Waals surface area contributed by atoms with E-state index in [1.165, 1.54) is 12.5 Å². The number of hydrogen-bond acceptors (Lipinski definition) is 6. The van der Waals surface area contributed by atoms with Crippen LogP contribution in [-0.4, -0.2) is 20.9 Å². The second-order valence-corrected chi connectivity index (χ2v) is 6.36. The Morgan fingerprint density at radius 2 is 2.25 bits per heavy atom. The number of hydrogen-bond donors (Lipinski definition) is 2. The van der Waals surface area contributed by atoms with Crippen LogP contribution >= 0.6 is 11.6 Å². The zero-order chi connectivity index (χ0) is 20.9. The Bertz CT molecular complexity index is 974. The number of carbonyl (C=O) groups excluding carboxylic acids is 1. The predicted octanol–water partition coefficient (Wildman–Crippen LogP) is 2.88. The molecule has 0 radical (unpaired) electrons. The average Bonchev–Trinajstić information content (AvgIpc) is 2.66. The van der Waals surface area contributed by atoms with Gasteiger partial charge in [-0.05, 0) is 26.8 Å². The lowest BCUT2D eigenvalue weighted by Gasteiger charge is -2.24. The SMILES string of the molecule is C#CC(C)(O/C=C\C)c1nc(N)c(C(=O)NCc2ncc(Cl)cc2F)nc1C. The van der Waals surface area contributed by atoms with Crippen molar-refractivity contribution in [3.8, 4) is 12.3 Å². The number of terminal acetylenes is 1. The number of nitrogens with one attached hydrogen (secondary N) is 1. The minimum Gasteiger partial charge on any atom is -0.477 e. The van der Waals surface area contributed by atoms with Crippen LogP contribution in [0.2, 0.25) is 5.02 Å². The molecule has 146 valence electrons. The molecule has 28 heavy (non-hydrogen) atoms. The van der Waals surface area contributed by atoms with Crippen LogP contribution < -0.4 is 11.1 Å². The molecular weight excluding hydrogens is 385 g/mol. The lowest BCUT2D eigenvalue weighted by Crippen LogP contribution is -2.30. The first-order valence-electron chi connectivity index (χ1n) is 8.21. The van der Waals surface area contributed by atoms with Gasteiger partial charge in [0.05, 0.1) is 29.2 Å². The number of rotatable bonds is 6. The van der Waals surface area contributed by atoms with Crippen molar-refractivity contribution in [2.75, 3.05) is 5.73 Å². The van der Waals surface area contributed by atoms with E-state index in [1.54, 1.807) is 26.8 Å². The summed E-state index contributed by atoms with van der Waals surface area (Å²) in [7, 11) is 0. The highest BCUT2D eigenvalue weighted by molar-refractivity contribution is 6.30. The summed E-state index contributed by atoms with van der Waals surface area (Å²) in [6.07, 6.45) is 9.98. The van der Waals surface area contributed by atoms with Crippen molar-refractivity contribution >= 4 is 23.3 Å². The zero-order valence-electron chi connectivity index (χ0n) is 15.6. The van der Waals surface area contributed by atoms with Crippen molar-refractivity contribution in [2.45, 2.75) is 32.9 Å². The van der Waals surface area contributed by atoms with E-state index in [-0.39, 0.29) is 28.8 Å². The van der Waals surface area contributed by atoms with Crippen LogP contribution in [0.4, 0.5) is 10.2 Å². The number of amides is 1. The molecular formula is C19H19ClFN5O2. The van der Waals surface area contributed by atoms with E-state index in [1.807, 2.05) is 0 Å². The highest BCUT2D eigenvalue weighted by Crippen LogP contribution is 2.27. The first kappa shape index (κ1) is 21.1. The average molecular weight is 404 g/mol. The first-order chi connectivity index (χ1) is 13.2. The van der Waals surface area contributed by atoms with Gasteiger partial charge in [-0.25, -0.2) is 14.4 Å². The smallest absolute Gasteiger partial charge is 0.274 e. The Morgan fingerprint density at radius 3 is 2.86 bits per heavy atom. The Morgan fingerprint density at radius 1 is 1.54 bits per heavy atom. The Labute approximate surface area is 167 Å². The van der Waals surface area contributed by atoms with E-state index in [0.29, 0.717) is 11.4 Å². The molecule has 3 N–H and O–H groups in total. The second-order valence-electron chi connectivity index (χ2n) is 5.92. The Kier molecular flexibility index (Phi) is 6.54. The number of nitrogen functional groups attached to an aromatic ring is 1. The first-order valence-corrected chi connectivity index (χ1v) is 8.59. The lowest BCUT2D eigenvalue weighted by molar-refractivity contribution is 0.0882. The number of nitrogens with zero attached hydrogens (tertiary/aromatic N) is 3. The Balaban J connectivity index is 2.26. The fourth-order valence-corrected chi connectivity index (χ4v) is 2.48. The molecule has 0 aliphatic carbocycles. The van der Waals surface area contributed by atoms with Crippen molar-refractivity contribution in [2.24, 2.45) is 0 Å². The number of carbonyl (C=O) groups is 1. The summed E-state index contributed by atoms with van der Waals surface area (Å²) >= 11 is 5.66. The number of nitrogens with two attached hydrogens (primary N) is 1. The van der Waals surface area contributed by atoms with Crippen LogP contribution in [0.3, 0.4) is 0 Å². The topological polar surface area (TPSA) is 103 Å². The maximum absolute atomic E-state index is 13.8. The molecule has 1 amide bonds. The molecule has 0 fully saturated rings. The Hall–Kier alpha value is -3.18. The number of pyridine rings is 1. The largest absolute Gasteiger partial charge is 0.477 e. The maximum atomic E-state index is 13.8. The van der Waals surface area contributed by atoms with Crippen molar-refractivity contribution < 1.29 is 13.9 Å². The van der Waals surface area contributed by atoms with Gasteiger partial charge in [0, 0.05) is 6.20 Å². The number of aryl methyl sites for hydroxylation is 1. The summed E-state index contributed by atoms with van der Waals surface area (Å²) in [5, 5.41) is 2.66. The third-order valence-electron chi connectivity index (χ3n) is 3.78. The molecule has 0 aliphatic rings. The van der Waals surface area contributed by atoms with Crippen molar-refractivity contribution in [3.63, 3.8) is 0 Å². The van der Waals surface area contributed by atoms with Crippen LogP contribution in [0.1, 0.15) is 41.4 Å². The van der Waals surface area contributed by atoms with E-state index in [0.717, 1.165) is 6.07 Å². The molecule has 2 heterocycles. The molecule has 0 aliphatic heterocycles. The van der Waals surface area contributed by atoms with Gasteiger partial charge >= 0.3 is 0 Å². The van der Waals surface area contributed by atoms with E-state index in [9.17, 15) is 9.18 Å². The molecule has 2 rings (SSSR count). The molecule has 2 aromatic rings. The molecule has 0 saturated heterocycles. The molecule has 0 aromatic carbocycles. The fourth-order valence-electron chi connectivity index (χ4n) is 2.33. The van der Waals surface area contributed by atoms with Crippen LogP contribution in [0.25, 0.3) is 0 Å². The van der Waals surface area contributed by atoms with Gasteiger partial charge in [0.25, 0.3) is 5.91 Å². The van der Waals surface area contributed by atoms with E-state index in [4.69, 9.17) is 28.5 Å². The molecule has 1 unspecified atom stereocenters. The summed E-state index contributed by atoms with van der Waals surface area (Å²) in [4.78, 5) is 24.7. The predicted molar refractivity (Wildman–Crippen MR) is 104 cm³/mol. The van der Waals surface area contributed by atoms with Gasteiger partial charge < -0.3 is 15.8 Å². The van der Waals surface area contributed by atoms with Gasteiger partial charge in [0.1, 0.15) is 11.5 Å². The maximum Gasteiger partial charge on any atom is 0.274 e. The van der Waals surface area contributed by atoms with Gasteiger partial charge in [0.15, 0.2) is 11.5 Å². The molecule has 2 aromatic heterocycles. The number of halogens is 2. The second kappa shape index (κ2) is 8.67. The normalized spacial score (nSPS) is 13.0. The van der Waals surface area contributed by atoms with Crippen LogP contribution in [0.15, 0.2) is 24.6 Å². The molecule has 0 spiro atoms. The lowest BCUT2D eigenvalue weighted by atomic mass is 10.0. The summed E-state index contributed by atoms with van der Waals surface area (Å²) in [6.45, 7) is 4.87. The van der Waals surface area contributed by atoms with Gasteiger partial charge in [0.2, 0.25) is 5.60 Å². The van der Waals surface area contributed by atoms with Gasteiger partial charge in [-0.3, -0.25) is 9.78 Å². The van der Waals surface area contributed by atoms with Crippen molar-refractivity contribution in [1.82, 2.24) is 20.3 Å². The molecule has 9 heteroatoms. The van der Waals surface area contributed by atoms with Gasteiger partial charge in [-0.15, -0.1) is 6.42 Å². The van der Waals surface area contributed by atoms with E-state index in [2.05, 4.69) is 26.2 Å².